The number of nitrogens with one attached hydrogen (secondary N) is 2. The lowest BCUT2D eigenvalue weighted by molar-refractivity contribution is 0.0639. The monoisotopic (exact) mass is 634 g/mol. The Hall–Kier alpha value is -4.35. The average molecular weight is 635 g/mol. The standard InChI is InChI=1S/C35H34N6O4S/c42-28-18-26(45-40-28)29-24(6-5-19-10-15-44-16-11-19)38-32-25-4-2-14-41(25)35(43)31(32)30(29)27-17-20-9-13-37-34(33(20)46-27)39-23-8-7-22-21(23)3-1-12-36-22/h1,3,9,12-13,17-19,23,25H,2,4-8,10-11,14-16H2,(H,37,39)(H,40,42)/t23-,25-/m1/s1. The SMILES string of the molecule is O=C1c2c(nc(CCC3CCOCC3)c(-c3cc(=O)[nH]o3)c2-c2cc3ccnc(N[C@@H]4CCc5ncccc54)c3s2)[C@H]2CCCN12. The van der Waals surface area contributed by atoms with Crippen molar-refractivity contribution in [2.75, 3.05) is 25.1 Å². The number of carbonyl (C=O) groups is 1. The number of amides is 1. The number of H-pyrrole nitrogens is 1. The summed E-state index contributed by atoms with van der Waals surface area (Å²) in [5.41, 5.74) is 5.98. The molecular weight excluding hydrogens is 600 g/mol. The molecular formula is C35H34N6O4S. The molecule has 11 heteroatoms. The fourth-order valence-electron chi connectivity index (χ4n) is 7.94. The molecule has 2 N–H and O–H groups in total. The van der Waals surface area contributed by atoms with Crippen molar-refractivity contribution in [3.63, 3.8) is 0 Å². The van der Waals surface area contributed by atoms with Gasteiger partial charge in [-0.05, 0) is 86.4 Å². The summed E-state index contributed by atoms with van der Waals surface area (Å²) < 4.78 is 12.4. The van der Waals surface area contributed by atoms with Gasteiger partial charge in [-0.3, -0.25) is 19.6 Å². The fourth-order valence-corrected chi connectivity index (χ4v) is 9.11. The summed E-state index contributed by atoms with van der Waals surface area (Å²) in [6.07, 6.45) is 11.2. The van der Waals surface area contributed by atoms with Crippen molar-refractivity contribution in [2.45, 2.75) is 63.5 Å². The number of thiophene rings is 1. The largest absolute Gasteiger partial charge is 0.381 e. The van der Waals surface area contributed by atoms with Gasteiger partial charge in [0.2, 0.25) is 0 Å². The van der Waals surface area contributed by atoms with Gasteiger partial charge in [0.05, 0.1) is 45.4 Å². The van der Waals surface area contributed by atoms with Crippen LogP contribution in [0.25, 0.3) is 31.9 Å². The molecule has 10 nitrogen and oxygen atoms in total. The number of aromatic nitrogens is 4. The Kier molecular flexibility index (Phi) is 6.78. The molecule has 3 aliphatic heterocycles. The van der Waals surface area contributed by atoms with Crippen LogP contribution >= 0.6 is 11.3 Å². The van der Waals surface area contributed by atoms with E-state index in [1.54, 1.807) is 11.3 Å². The quantitative estimate of drug-likeness (QED) is 0.209. The normalized spacial score (nSPS) is 20.8. The van der Waals surface area contributed by atoms with E-state index in [0.717, 1.165) is 120 Å². The Morgan fingerprint density at radius 3 is 2.80 bits per heavy atom. The van der Waals surface area contributed by atoms with Gasteiger partial charge in [-0.15, -0.1) is 11.3 Å². The second-order valence-electron chi connectivity index (χ2n) is 12.9. The minimum Gasteiger partial charge on any atom is -0.381 e. The van der Waals surface area contributed by atoms with E-state index in [1.807, 2.05) is 29.4 Å². The predicted octanol–water partition coefficient (Wildman–Crippen LogP) is 6.45. The van der Waals surface area contributed by atoms with Crippen molar-refractivity contribution in [1.29, 1.82) is 0 Å². The number of ether oxygens (including phenoxy) is 1. The lowest BCUT2D eigenvalue weighted by Gasteiger charge is -2.23. The van der Waals surface area contributed by atoms with Crippen LogP contribution in [0.4, 0.5) is 5.82 Å². The van der Waals surface area contributed by atoms with E-state index in [4.69, 9.17) is 19.2 Å². The van der Waals surface area contributed by atoms with Crippen molar-refractivity contribution in [2.24, 2.45) is 5.92 Å². The molecule has 1 amide bonds. The number of hydrogen-bond donors (Lipinski definition) is 2. The highest BCUT2D eigenvalue weighted by Gasteiger charge is 2.44. The van der Waals surface area contributed by atoms with Gasteiger partial charge in [0.25, 0.3) is 11.5 Å². The Morgan fingerprint density at radius 1 is 1.02 bits per heavy atom. The smallest absolute Gasteiger partial charge is 0.280 e. The molecule has 2 saturated heterocycles. The molecule has 234 valence electrons. The first-order valence-electron chi connectivity index (χ1n) is 16.4. The Bertz CT molecular complexity index is 2040. The van der Waals surface area contributed by atoms with E-state index in [-0.39, 0.29) is 23.6 Å². The molecule has 9 rings (SSSR count). The third kappa shape index (κ3) is 4.59. The van der Waals surface area contributed by atoms with Gasteiger partial charge in [0.1, 0.15) is 5.82 Å². The van der Waals surface area contributed by atoms with E-state index in [1.165, 1.54) is 11.6 Å². The van der Waals surface area contributed by atoms with Crippen molar-refractivity contribution in [3.05, 3.63) is 81.3 Å². The zero-order valence-corrected chi connectivity index (χ0v) is 26.2. The minimum absolute atomic E-state index is 0.0131. The maximum Gasteiger partial charge on any atom is 0.280 e. The van der Waals surface area contributed by atoms with Gasteiger partial charge in [-0.2, -0.15) is 5.16 Å². The summed E-state index contributed by atoms with van der Waals surface area (Å²) in [5, 5.41) is 7.25. The molecule has 2 fully saturated rings. The summed E-state index contributed by atoms with van der Waals surface area (Å²) in [6.45, 7) is 2.30. The van der Waals surface area contributed by atoms with Crippen LogP contribution < -0.4 is 10.9 Å². The molecule has 1 aliphatic carbocycles. The van der Waals surface area contributed by atoms with Gasteiger partial charge < -0.3 is 19.5 Å². The number of aryl methyl sites for hydroxylation is 2. The first-order chi connectivity index (χ1) is 22.6. The highest BCUT2D eigenvalue weighted by Crippen LogP contribution is 2.50. The molecule has 8 heterocycles. The molecule has 4 aliphatic rings. The number of carbonyl (C=O) groups excluding carboxylic acids is 1. The first kappa shape index (κ1) is 27.9. The second kappa shape index (κ2) is 11.2. The van der Waals surface area contributed by atoms with Gasteiger partial charge in [-0.25, -0.2) is 4.98 Å². The van der Waals surface area contributed by atoms with E-state index in [2.05, 4.69) is 27.6 Å². The maximum absolute atomic E-state index is 14.2. The number of aromatic amines is 1. The van der Waals surface area contributed by atoms with Crippen molar-refractivity contribution in [1.82, 2.24) is 25.0 Å². The molecule has 5 aromatic rings. The summed E-state index contributed by atoms with van der Waals surface area (Å²) in [4.78, 5) is 44.1. The van der Waals surface area contributed by atoms with Crippen LogP contribution in [-0.4, -0.2) is 50.7 Å². The second-order valence-corrected chi connectivity index (χ2v) is 13.9. The van der Waals surface area contributed by atoms with Crippen LogP contribution in [0.3, 0.4) is 0 Å². The summed E-state index contributed by atoms with van der Waals surface area (Å²) in [7, 11) is 0. The van der Waals surface area contributed by atoms with Crippen LogP contribution in [0.2, 0.25) is 0 Å². The number of hydrogen-bond acceptors (Lipinski definition) is 9. The summed E-state index contributed by atoms with van der Waals surface area (Å²) >= 11 is 1.62. The van der Waals surface area contributed by atoms with Crippen LogP contribution in [0, 0.1) is 5.92 Å². The number of nitrogens with zero attached hydrogens (tertiary/aromatic N) is 4. The van der Waals surface area contributed by atoms with Gasteiger partial charge >= 0.3 is 0 Å². The zero-order chi connectivity index (χ0) is 30.8. The molecule has 46 heavy (non-hydrogen) atoms. The van der Waals surface area contributed by atoms with E-state index in [0.29, 0.717) is 17.2 Å². The maximum atomic E-state index is 14.2. The number of fused-ring (bicyclic) bond motifs is 5. The van der Waals surface area contributed by atoms with Crippen molar-refractivity contribution < 1.29 is 14.1 Å². The number of rotatable bonds is 7. The summed E-state index contributed by atoms with van der Waals surface area (Å²) in [5.74, 6) is 1.80. The molecule has 0 spiro atoms. The molecule has 0 unspecified atom stereocenters. The zero-order valence-electron chi connectivity index (χ0n) is 25.4. The first-order valence-corrected chi connectivity index (χ1v) is 17.2. The molecule has 0 saturated carbocycles. The lowest BCUT2D eigenvalue weighted by atomic mass is 9.89. The molecule has 0 bridgehead atoms. The van der Waals surface area contributed by atoms with Crippen LogP contribution in [0.1, 0.15) is 83.6 Å². The predicted molar refractivity (Wildman–Crippen MR) is 175 cm³/mol. The topological polar surface area (TPSA) is 126 Å². The molecule has 0 radical (unpaired) electrons. The third-order valence-corrected chi connectivity index (χ3v) is 11.4. The van der Waals surface area contributed by atoms with E-state index < -0.39 is 0 Å². The van der Waals surface area contributed by atoms with Crippen molar-refractivity contribution >= 4 is 33.1 Å². The molecule has 0 aromatic carbocycles. The minimum atomic E-state index is -0.317. The molecule has 2 atom stereocenters. The Morgan fingerprint density at radius 2 is 1.93 bits per heavy atom. The van der Waals surface area contributed by atoms with Gasteiger partial charge in [-0.1, -0.05) is 6.07 Å². The fraction of sp³-hybridized carbons (Fsp3) is 0.400. The number of pyridine rings is 3. The lowest BCUT2D eigenvalue weighted by Crippen LogP contribution is -2.22. The highest BCUT2D eigenvalue weighted by atomic mass is 32.1. The Labute approximate surface area is 269 Å². The van der Waals surface area contributed by atoms with E-state index in [9.17, 15) is 9.59 Å². The van der Waals surface area contributed by atoms with Crippen LogP contribution in [-0.2, 0) is 17.6 Å². The van der Waals surface area contributed by atoms with E-state index >= 15 is 0 Å². The van der Waals surface area contributed by atoms with Crippen LogP contribution in [0.15, 0.2) is 52.0 Å². The van der Waals surface area contributed by atoms with Crippen LogP contribution in [0.5, 0.6) is 0 Å². The average Bonchev–Trinajstić information content (AvgIpc) is 3.92. The van der Waals surface area contributed by atoms with Gasteiger partial charge in [0, 0.05) is 48.3 Å². The molecule has 5 aromatic heterocycles. The Balaban J connectivity index is 1.21. The number of anilines is 1. The third-order valence-electron chi connectivity index (χ3n) is 10.2. The summed E-state index contributed by atoms with van der Waals surface area (Å²) in [6, 6.07) is 9.91. The van der Waals surface area contributed by atoms with Crippen molar-refractivity contribution in [3.8, 4) is 21.8 Å². The highest BCUT2D eigenvalue weighted by molar-refractivity contribution is 7.23. The van der Waals surface area contributed by atoms with Gasteiger partial charge in [0.15, 0.2) is 5.76 Å².